The van der Waals surface area contributed by atoms with Crippen LogP contribution in [0.15, 0.2) is 71.2 Å². The third kappa shape index (κ3) is 4.60. The third-order valence-corrected chi connectivity index (χ3v) is 6.36. The van der Waals surface area contributed by atoms with E-state index in [0.29, 0.717) is 11.3 Å². The molecule has 30 heavy (non-hydrogen) atoms. The molecule has 0 saturated heterocycles. The van der Waals surface area contributed by atoms with Crippen LogP contribution in [0.3, 0.4) is 0 Å². The summed E-state index contributed by atoms with van der Waals surface area (Å²) in [5, 5.41) is 14.4. The molecule has 2 heterocycles. The number of hydrogen-bond donors (Lipinski definition) is 1. The molecule has 0 aliphatic carbocycles. The Morgan fingerprint density at radius 1 is 1.10 bits per heavy atom. The van der Waals surface area contributed by atoms with Gasteiger partial charge in [-0.25, -0.2) is 4.39 Å². The lowest BCUT2D eigenvalue weighted by molar-refractivity contribution is 0.102. The van der Waals surface area contributed by atoms with Gasteiger partial charge in [-0.15, -0.1) is 21.5 Å². The second-order valence-corrected chi connectivity index (χ2v) is 8.36. The number of amides is 1. The lowest BCUT2D eigenvalue weighted by Crippen LogP contribution is -2.11. The van der Waals surface area contributed by atoms with Gasteiger partial charge in [-0.3, -0.25) is 4.79 Å². The number of hydrogen-bond acceptors (Lipinski definition) is 5. The van der Waals surface area contributed by atoms with Crippen molar-refractivity contribution in [2.45, 2.75) is 24.4 Å². The lowest BCUT2D eigenvalue weighted by Gasteiger charge is -2.08. The molecule has 0 atom stereocenters. The topological polar surface area (TPSA) is 59.8 Å². The molecule has 5 nitrogen and oxygen atoms in total. The lowest BCUT2D eigenvalue weighted by atomic mass is 10.1. The van der Waals surface area contributed by atoms with Gasteiger partial charge in [-0.1, -0.05) is 30.0 Å². The summed E-state index contributed by atoms with van der Waals surface area (Å²) in [4.78, 5) is 13.5. The van der Waals surface area contributed by atoms with Gasteiger partial charge < -0.3 is 9.88 Å². The number of halogens is 1. The number of thiophene rings is 1. The fraction of sp³-hybridized carbons (Fsp3) is 0.136. The van der Waals surface area contributed by atoms with E-state index in [9.17, 15) is 9.18 Å². The zero-order valence-corrected chi connectivity index (χ0v) is 17.8. The van der Waals surface area contributed by atoms with Gasteiger partial charge in [0, 0.05) is 23.5 Å². The maximum Gasteiger partial charge on any atom is 0.255 e. The normalized spacial score (nSPS) is 10.9. The van der Waals surface area contributed by atoms with Crippen LogP contribution in [0.25, 0.3) is 10.7 Å². The Labute approximate surface area is 182 Å². The summed E-state index contributed by atoms with van der Waals surface area (Å²) >= 11 is 3.27. The van der Waals surface area contributed by atoms with Crippen molar-refractivity contribution >= 4 is 34.7 Å². The summed E-state index contributed by atoms with van der Waals surface area (Å²) in [6, 6.07) is 17.2. The summed E-state index contributed by atoms with van der Waals surface area (Å²) in [6.45, 7) is 2.88. The number of benzene rings is 2. The zero-order chi connectivity index (χ0) is 20.9. The number of aromatic nitrogens is 3. The Morgan fingerprint density at radius 2 is 1.87 bits per heavy atom. The summed E-state index contributed by atoms with van der Waals surface area (Å²) < 4.78 is 15.1. The minimum Gasteiger partial charge on any atom is -0.322 e. The van der Waals surface area contributed by atoms with E-state index in [0.717, 1.165) is 33.7 Å². The zero-order valence-electron chi connectivity index (χ0n) is 16.2. The minimum absolute atomic E-state index is 0.230. The molecule has 4 aromatic rings. The molecular formula is C22H19FN4OS2. The van der Waals surface area contributed by atoms with Crippen LogP contribution in [-0.4, -0.2) is 20.7 Å². The quantitative estimate of drug-likeness (QED) is 0.376. The molecule has 152 valence electrons. The van der Waals surface area contributed by atoms with Crippen LogP contribution in [0.2, 0.25) is 0 Å². The van der Waals surface area contributed by atoms with Gasteiger partial charge in [0.1, 0.15) is 5.82 Å². The van der Waals surface area contributed by atoms with E-state index in [1.165, 1.54) is 24.3 Å². The molecule has 0 aliphatic rings. The smallest absolute Gasteiger partial charge is 0.255 e. The molecule has 0 radical (unpaired) electrons. The van der Waals surface area contributed by atoms with Crippen LogP contribution in [-0.2, 0) is 12.3 Å². The van der Waals surface area contributed by atoms with Crippen LogP contribution >= 0.6 is 23.1 Å². The van der Waals surface area contributed by atoms with Gasteiger partial charge in [0.05, 0.1) is 4.88 Å². The Morgan fingerprint density at radius 3 is 2.53 bits per heavy atom. The Bertz CT molecular complexity index is 1120. The van der Waals surface area contributed by atoms with Crippen molar-refractivity contribution in [3.05, 3.63) is 83.0 Å². The predicted molar refractivity (Wildman–Crippen MR) is 119 cm³/mol. The second kappa shape index (κ2) is 9.23. The van der Waals surface area contributed by atoms with Gasteiger partial charge in [0.25, 0.3) is 5.91 Å². The Balaban J connectivity index is 1.39. The number of anilines is 1. The van der Waals surface area contributed by atoms with Gasteiger partial charge in [0.15, 0.2) is 11.0 Å². The predicted octanol–water partition coefficient (Wildman–Crippen LogP) is 5.71. The molecule has 0 spiro atoms. The SMILES string of the molecule is CCn1c(SCc2ccc(C(=O)Nc3ccc(F)cc3)cc2)nnc1-c1cccs1. The fourth-order valence-electron chi connectivity index (χ4n) is 2.91. The number of nitrogens with zero attached hydrogens (tertiary/aromatic N) is 3. The number of carbonyl (C=O) groups excluding carboxylic acids is 1. The summed E-state index contributed by atoms with van der Waals surface area (Å²) in [7, 11) is 0. The van der Waals surface area contributed by atoms with Gasteiger partial charge >= 0.3 is 0 Å². The van der Waals surface area contributed by atoms with Crippen LogP contribution < -0.4 is 5.32 Å². The van der Waals surface area contributed by atoms with Crippen molar-refractivity contribution in [3.63, 3.8) is 0 Å². The number of rotatable bonds is 7. The van der Waals surface area contributed by atoms with E-state index in [-0.39, 0.29) is 11.7 Å². The molecule has 4 rings (SSSR count). The number of thioether (sulfide) groups is 1. The second-order valence-electron chi connectivity index (χ2n) is 6.47. The highest BCUT2D eigenvalue weighted by molar-refractivity contribution is 7.98. The maximum atomic E-state index is 13.0. The van der Waals surface area contributed by atoms with Crippen molar-refractivity contribution in [2.24, 2.45) is 0 Å². The first-order valence-corrected chi connectivity index (χ1v) is 11.3. The average Bonchev–Trinajstić information content (AvgIpc) is 3.43. The Hall–Kier alpha value is -2.97. The van der Waals surface area contributed by atoms with Crippen molar-refractivity contribution < 1.29 is 9.18 Å². The molecule has 8 heteroatoms. The monoisotopic (exact) mass is 438 g/mol. The van der Waals surface area contributed by atoms with Crippen molar-refractivity contribution in [1.82, 2.24) is 14.8 Å². The van der Waals surface area contributed by atoms with E-state index in [1.807, 2.05) is 29.6 Å². The first-order chi connectivity index (χ1) is 14.6. The molecule has 0 bridgehead atoms. The number of nitrogens with one attached hydrogen (secondary N) is 1. The van der Waals surface area contributed by atoms with Crippen LogP contribution in [0.5, 0.6) is 0 Å². The molecule has 0 aliphatic heterocycles. The maximum absolute atomic E-state index is 13.0. The van der Waals surface area contributed by atoms with Crippen molar-refractivity contribution in [2.75, 3.05) is 5.32 Å². The van der Waals surface area contributed by atoms with E-state index in [4.69, 9.17) is 0 Å². The average molecular weight is 439 g/mol. The van der Waals surface area contributed by atoms with E-state index >= 15 is 0 Å². The van der Waals surface area contributed by atoms with E-state index in [2.05, 4.69) is 27.0 Å². The first-order valence-electron chi connectivity index (χ1n) is 9.40. The van der Waals surface area contributed by atoms with E-state index in [1.54, 1.807) is 35.2 Å². The third-order valence-electron chi connectivity index (χ3n) is 4.46. The molecule has 2 aromatic carbocycles. The van der Waals surface area contributed by atoms with Gasteiger partial charge in [-0.2, -0.15) is 0 Å². The minimum atomic E-state index is -0.337. The summed E-state index contributed by atoms with van der Waals surface area (Å²) in [5.41, 5.74) is 2.19. The van der Waals surface area contributed by atoms with Crippen LogP contribution in [0.4, 0.5) is 10.1 Å². The largest absolute Gasteiger partial charge is 0.322 e. The fourth-order valence-corrected chi connectivity index (χ4v) is 4.58. The Kier molecular flexibility index (Phi) is 6.25. The van der Waals surface area contributed by atoms with Crippen molar-refractivity contribution in [1.29, 1.82) is 0 Å². The number of carbonyl (C=O) groups is 1. The molecule has 1 N–H and O–H groups in total. The molecule has 0 fully saturated rings. The highest BCUT2D eigenvalue weighted by Crippen LogP contribution is 2.28. The van der Waals surface area contributed by atoms with Crippen LogP contribution in [0.1, 0.15) is 22.8 Å². The highest BCUT2D eigenvalue weighted by atomic mass is 32.2. The molecular weight excluding hydrogens is 419 g/mol. The van der Waals surface area contributed by atoms with E-state index < -0.39 is 0 Å². The molecule has 2 aromatic heterocycles. The standard InChI is InChI=1S/C22H19FN4OS2/c1-2-27-20(19-4-3-13-29-19)25-26-22(27)30-14-15-5-7-16(8-6-15)21(28)24-18-11-9-17(23)10-12-18/h3-13H,2,14H2,1H3,(H,24,28). The highest BCUT2D eigenvalue weighted by Gasteiger charge is 2.14. The molecule has 1 amide bonds. The van der Waals surface area contributed by atoms with Gasteiger partial charge in [-0.05, 0) is 60.3 Å². The van der Waals surface area contributed by atoms with Crippen LogP contribution in [0, 0.1) is 5.82 Å². The summed E-state index contributed by atoms with van der Waals surface area (Å²) in [5.74, 6) is 1.05. The molecule has 0 unspecified atom stereocenters. The summed E-state index contributed by atoms with van der Waals surface area (Å²) in [6.07, 6.45) is 0. The first kappa shape index (κ1) is 20.3. The molecule has 0 saturated carbocycles. The van der Waals surface area contributed by atoms with Crippen molar-refractivity contribution in [3.8, 4) is 10.7 Å². The van der Waals surface area contributed by atoms with Gasteiger partial charge in [0.2, 0.25) is 0 Å².